The monoisotopic (exact) mass is 360 g/mol. The molecule has 112 valence electrons. The number of methoxy groups -OCH3 is 1. The van der Waals surface area contributed by atoms with Crippen LogP contribution in [0.5, 0.6) is 17.2 Å². The summed E-state index contributed by atoms with van der Waals surface area (Å²) < 4.78 is 49.3. The summed E-state index contributed by atoms with van der Waals surface area (Å²) in [6.07, 6.45) is -4.41. The fraction of sp³-hybridized carbons (Fsp3) is 0.200. The molecule has 0 bridgehead atoms. The highest BCUT2D eigenvalue weighted by atomic mass is 79.9. The average molecular weight is 361 g/mol. The molecule has 2 aromatic carbocycles. The third-order valence-corrected chi connectivity index (χ3v) is 3.43. The van der Waals surface area contributed by atoms with Crippen molar-refractivity contribution in [2.24, 2.45) is 0 Å². The van der Waals surface area contributed by atoms with Crippen LogP contribution in [-0.2, 0) is 11.5 Å². The maximum atomic E-state index is 13.0. The molecule has 2 aromatic rings. The van der Waals surface area contributed by atoms with Crippen molar-refractivity contribution in [1.82, 2.24) is 0 Å². The van der Waals surface area contributed by atoms with Crippen molar-refractivity contribution in [3.63, 3.8) is 0 Å². The topological polar surface area (TPSA) is 18.5 Å². The third-order valence-electron chi connectivity index (χ3n) is 2.83. The largest absolute Gasteiger partial charge is 0.497 e. The lowest BCUT2D eigenvalue weighted by molar-refractivity contribution is -0.138. The maximum absolute atomic E-state index is 13.0. The van der Waals surface area contributed by atoms with Crippen LogP contribution in [-0.4, -0.2) is 7.11 Å². The van der Waals surface area contributed by atoms with Crippen molar-refractivity contribution in [3.8, 4) is 17.2 Å². The van der Waals surface area contributed by atoms with E-state index in [0.29, 0.717) is 11.5 Å². The fourth-order valence-corrected chi connectivity index (χ4v) is 2.27. The highest BCUT2D eigenvalue weighted by Crippen LogP contribution is 2.36. The van der Waals surface area contributed by atoms with Gasteiger partial charge in [0.1, 0.15) is 17.2 Å². The Kier molecular flexibility index (Phi) is 4.77. The zero-order valence-corrected chi connectivity index (χ0v) is 12.7. The Morgan fingerprint density at radius 3 is 2.05 bits per heavy atom. The first-order valence-corrected chi connectivity index (χ1v) is 7.14. The van der Waals surface area contributed by atoms with Gasteiger partial charge in [-0.1, -0.05) is 22.0 Å². The second-order valence-electron chi connectivity index (χ2n) is 4.23. The van der Waals surface area contributed by atoms with Gasteiger partial charge in [-0.15, -0.1) is 0 Å². The number of halogens is 4. The van der Waals surface area contributed by atoms with Gasteiger partial charge < -0.3 is 9.47 Å². The normalized spacial score (nSPS) is 11.3. The van der Waals surface area contributed by atoms with Crippen LogP contribution in [0.2, 0.25) is 0 Å². The van der Waals surface area contributed by atoms with E-state index >= 15 is 0 Å². The minimum absolute atomic E-state index is 0.130. The Hall–Kier alpha value is -1.69. The quantitative estimate of drug-likeness (QED) is 0.679. The SMILES string of the molecule is COc1ccc(Oc2ccc(CBr)c(C(F)(F)F)c2)cc1. The molecule has 0 N–H and O–H groups in total. The van der Waals surface area contributed by atoms with Crippen molar-refractivity contribution in [2.45, 2.75) is 11.5 Å². The first kappa shape index (κ1) is 15.7. The lowest BCUT2D eigenvalue weighted by Crippen LogP contribution is -2.08. The average Bonchev–Trinajstić information content (AvgIpc) is 2.47. The minimum atomic E-state index is -4.41. The molecule has 0 heterocycles. The van der Waals surface area contributed by atoms with Crippen molar-refractivity contribution in [1.29, 1.82) is 0 Å². The van der Waals surface area contributed by atoms with Crippen molar-refractivity contribution in [2.75, 3.05) is 7.11 Å². The summed E-state index contributed by atoms with van der Waals surface area (Å²) in [5.41, 5.74) is -0.532. The summed E-state index contributed by atoms with van der Waals surface area (Å²) in [4.78, 5) is 0. The summed E-state index contributed by atoms with van der Waals surface area (Å²) in [5.74, 6) is 1.22. The number of benzene rings is 2. The molecule has 0 saturated carbocycles. The molecule has 2 rings (SSSR count). The molecular weight excluding hydrogens is 349 g/mol. The predicted molar refractivity (Wildman–Crippen MR) is 77.1 cm³/mol. The molecular formula is C15H12BrF3O2. The Labute approximate surface area is 128 Å². The van der Waals surface area contributed by atoms with Crippen LogP contribution >= 0.6 is 15.9 Å². The van der Waals surface area contributed by atoms with Gasteiger partial charge in [-0.25, -0.2) is 0 Å². The van der Waals surface area contributed by atoms with E-state index in [-0.39, 0.29) is 16.6 Å². The van der Waals surface area contributed by atoms with Crippen LogP contribution < -0.4 is 9.47 Å². The molecule has 0 radical (unpaired) electrons. The molecule has 0 aliphatic heterocycles. The van der Waals surface area contributed by atoms with Gasteiger partial charge in [0.2, 0.25) is 0 Å². The van der Waals surface area contributed by atoms with E-state index in [1.54, 1.807) is 24.3 Å². The Bertz CT molecular complexity index is 609. The minimum Gasteiger partial charge on any atom is -0.497 e. The fourth-order valence-electron chi connectivity index (χ4n) is 1.78. The zero-order valence-electron chi connectivity index (χ0n) is 11.1. The molecule has 0 aliphatic rings. The number of rotatable bonds is 4. The van der Waals surface area contributed by atoms with Crippen LogP contribution in [0.1, 0.15) is 11.1 Å². The van der Waals surface area contributed by atoms with Crippen LogP contribution in [0, 0.1) is 0 Å². The van der Waals surface area contributed by atoms with Crippen LogP contribution in [0.4, 0.5) is 13.2 Å². The molecule has 0 fully saturated rings. The molecule has 2 nitrogen and oxygen atoms in total. The van der Waals surface area contributed by atoms with E-state index in [1.165, 1.54) is 19.2 Å². The Morgan fingerprint density at radius 1 is 0.952 bits per heavy atom. The zero-order chi connectivity index (χ0) is 15.5. The van der Waals surface area contributed by atoms with Crippen molar-refractivity contribution in [3.05, 3.63) is 53.6 Å². The van der Waals surface area contributed by atoms with Gasteiger partial charge in [0.25, 0.3) is 0 Å². The van der Waals surface area contributed by atoms with E-state index in [2.05, 4.69) is 15.9 Å². The van der Waals surface area contributed by atoms with Crippen LogP contribution in [0.25, 0.3) is 0 Å². The van der Waals surface area contributed by atoms with E-state index < -0.39 is 11.7 Å². The molecule has 0 aliphatic carbocycles. The molecule has 0 spiro atoms. The van der Waals surface area contributed by atoms with Crippen LogP contribution in [0.3, 0.4) is 0 Å². The molecule has 0 atom stereocenters. The second-order valence-corrected chi connectivity index (χ2v) is 4.79. The van der Waals surface area contributed by atoms with E-state index in [4.69, 9.17) is 9.47 Å². The lowest BCUT2D eigenvalue weighted by Gasteiger charge is -2.13. The van der Waals surface area contributed by atoms with Gasteiger partial charge in [0.05, 0.1) is 12.7 Å². The highest BCUT2D eigenvalue weighted by molar-refractivity contribution is 9.08. The van der Waals surface area contributed by atoms with Gasteiger partial charge >= 0.3 is 6.18 Å². The van der Waals surface area contributed by atoms with Gasteiger partial charge in [-0.05, 0) is 42.0 Å². The van der Waals surface area contributed by atoms with E-state index in [1.807, 2.05) is 0 Å². The number of alkyl halides is 4. The smallest absolute Gasteiger partial charge is 0.416 e. The summed E-state index contributed by atoms with van der Waals surface area (Å²) in [5, 5.41) is 0.130. The molecule has 21 heavy (non-hydrogen) atoms. The first-order chi connectivity index (χ1) is 9.94. The van der Waals surface area contributed by atoms with Gasteiger partial charge in [-0.2, -0.15) is 13.2 Å². The van der Waals surface area contributed by atoms with Gasteiger partial charge in [0, 0.05) is 5.33 Å². The molecule has 0 amide bonds. The van der Waals surface area contributed by atoms with Gasteiger partial charge in [0.15, 0.2) is 0 Å². The van der Waals surface area contributed by atoms with Crippen molar-refractivity contribution >= 4 is 15.9 Å². The highest BCUT2D eigenvalue weighted by Gasteiger charge is 2.33. The summed E-state index contributed by atoms with van der Waals surface area (Å²) in [6.45, 7) is 0. The number of ether oxygens (including phenoxy) is 2. The second kappa shape index (κ2) is 6.39. The summed E-state index contributed by atoms with van der Waals surface area (Å²) in [6, 6.07) is 10.5. The predicted octanol–water partition coefficient (Wildman–Crippen LogP) is 5.40. The molecule has 0 unspecified atom stereocenters. The number of hydrogen-bond donors (Lipinski definition) is 0. The number of hydrogen-bond acceptors (Lipinski definition) is 2. The Balaban J connectivity index is 2.27. The third kappa shape index (κ3) is 3.91. The van der Waals surface area contributed by atoms with E-state index in [9.17, 15) is 13.2 Å². The first-order valence-electron chi connectivity index (χ1n) is 6.02. The maximum Gasteiger partial charge on any atom is 0.416 e. The molecule has 0 aromatic heterocycles. The molecule has 6 heteroatoms. The molecule has 0 saturated heterocycles. The summed E-state index contributed by atoms with van der Waals surface area (Å²) in [7, 11) is 1.53. The van der Waals surface area contributed by atoms with Gasteiger partial charge in [-0.3, -0.25) is 0 Å². The standard InChI is InChI=1S/C15H12BrF3O2/c1-20-11-4-6-12(7-5-11)21-13-3-2-10(9-16)14(8-13)15(17,18)19/h2-8H,9H2,1H3. The summed E-state index contributed by atoms with van der Waals surface area (Å²) >= 11 is 3.05. The van der Waals surface area contributed by atoms with Crippen molar-refractivity contribution < 1.29 is 22.6 Å². The van der Waals surface area contributed by atoms with Crippen LogP contribution in [0.15, 0.2) is 42.5 Å². The lowest BCUT2D eigenvalue weighted by atomic mass is 10.1. The van der Waals surface area contributed by atoms with E-state index in [0.717, 1.165) is 6.07 Å². The Morgan fingerprint density at radius 2 is 1.52 bits per heavy atom.